The summed E-state index contributed by atoms with van der Waals surface area (Å²) in [6, 6.07) is 4.48. The summed E-state index contributed by atoms with van der Waals surface area (Å²) in [4.78, 5) is 4.25. The molecule has 0 amide bonds. The Hall–Kier alpha value is -2.04. The predicted molar refractivity (Wildman–Crippen MR) is 94.0 cm³/mol. The zero-order chi connectivity index (χ0) is 18.1. The van der Waals surface area contributed by atoms with Crippen LogP contribution in [0.2, 0.25) is 0 Å². The second kappa shape index (κ2) is 7.29. The van der Waals surface area contributed by atoms with Crippen LogP contribution in [0.3, 0.4) is 0 Å². The summed E-state index contributed by atoms with van der Waals surface area (Å²) >= 11 is 3.11. The minimum absolute atomic E-state index is 0.0498. The molecule has 1 aromatic carbocycles. The largest absolute Gasteiger partial charge is 0.381 e. The Morgan fingerprint density at radius 3 is 2.73 bits per heavy atom. The van der Waals surface area contributed by atoms with Crippen molar-refractivity contribution in [1.29, 1.82) is 0 Å². The van der Waals surface area contributed by atoms with E-state index in [2.05, 4.69) is 36.6 Å². The molecular weight excluding hydrogens is 409 g/mol. The number of hydrogen-bond acceptors (Lipinski definition) is 7. The molecule has 3 N–H and O–H groups in total. The molecule has 2 fully saturated rings. The lowest BCUT2D eigenvalue weighted by Gasteiger charge is -2.13. The van der Waals surface area contributed by atoms with Crippen LogP contribution in [0.25, 0.3) is 0 Å². The summed E-state index contributed by atoms with van der Waals surface area (Å²) in [6.45, 7) is 1.61. The van der Waals surface area contributed by atoms with Gasteiger partial charge in [-0.1, -0.05) is 0 Å². The van der Waals surface area contributed by atoms with Crippen LogP contribution in [0.1, 0.15) is 18.5 Å². The predicted octanol–water partition coefficient (Wildman–Crippen LogP) is 2.87. The van der Waals surface area contributed by atoms with Crippen LogP contribution in [0.5, 0.6) is 0 Å². The minimum atomic E-state index is -0.399. The average Bonchev–Trinajstić information content (AvgIpc) is 3.32. The number of benzene rings is 1. The molecular formula is C16H17BrFN5O3. The summed E-state index contributed by atoms with van der Waals surface area (Å²) in [6.07, 6.45) is 1.97. The number of hydrogen-bond donors (Lipinski definition) is 3. The maximum Gasteiger partial charge on any atom is 0.202 e. The number of fused-ring (bicyclic) bond motifs is 1. The molecule has 2 atom stereocenters. The number of anilines is 1. The Balaban J connectivity index is 1.54. The number of nitrogens with zero attached hydrogens (tertiary/aromatic N) is 3. The number of ether oxygens (including phenoxy) is 1. The summed E-state index contributed by atoms with van der Waals surface area (Å²) in [5.41, 5.74) is 2.69. The lowest BCUT2D eigenvalue weighted by atomic mass is 10.0. The number of hydroxylamine groups is 1. The lowest BCUT2D eigenvalue weighted by molar-refractivity contribution is 0.172. The van der Waals surface area contributed by atoms with Crippen molar-refractivity contribution in [3.05, 3.63) is 34.2 Å². The van der Waals surface area contributed by atoms with Crippen LogP contribution in [0.15, 0.2) is 32.3 Å². The van der Waals surface area contributed by atoms with Crippen molar-refractivity contribution in [2.45, 2.75) is 18.9 Å². The fraction of sp³-hybridized carbons (Fsp3) is 0.438. The van der Waals surface area contributed by atoms with Gasteiger partial charge in [0.1, 0.15) is 5.82 Å². The number of amidine groups is 1. The molecule has 1 saturated carbocycles. The molecule has 4 rings (SSSR count). The molecule has 1 aromatic heterocycles. The van der Waals surface area contributed by atoms with Gasteiger partial charge in [0.15, 0.2) is 11.5 Å². The van der Waals surface area contributed by atoms with Crippen molar-refractivity contribution < 1.29 is 19.0 Å². The molecule has 138 valence electrons. The van der Waals surface area contributed by atoms with E-state index in [-0.39, 0.29) is 22.0 Å². The molecule has 2 unspecified atom stereocenters. The maximum atomic E-state index is 13.4. The van der Waals surface area contributed by atoms with Gasteiger partial charge in [-0.25, -0.2) is 14.0 Å². The van der Waals surface area contributed by atoms with Crippen molar-refractivity contribution in [3.8, 4) is 0 Å². The zero-order valence-electron chi connectivity index (χ0n) is 13.7. The molecule has 0 radical (unpaired) electrons. The smallest absolute Gasteiger partial charge is 0.202 e. The van der Waals surface area contributed by atoms with Crippen LogP contribution < -0.4 is 10.8 Å². The van der Waals surface area contributed by atoms with Crippen LogP contribution in [-0.4, -0.2) is 40.6 Å². The van der Waals surface area contributed by atoms with Gasteiger partial charge in [0.25, 0.3) is 0 Å². The van der Waals surface area contributed by atoms with Crippen LogP contribution >= 0.6 is 15.9 Å². The molecule has 26 heavy (non-hydrogen) atoms. The number of halogens is 2. The van der Waals surface area contributed by atoms with E-state index in [0.717, 1.165) is 26.1 Å². The number of aromatic nitrogens is 2. The molecule has 2 aromatic rings. The van der Waals surface area contributed by atoms with Gasteiger partial charge >= 0.3 is 0 Å². The highest BCUT2D eigenvalue weighted by Crippen LogP contribution is 2.38. The first kappa shape index (κ1) is 17.4. The summed E-state index contributed by atoms with van der Waals surface area (Å²) in [7, 11) is 0. The van der Waals surface area contributed by atoms with Gasteiger partial charge in [0, 0.05) is 19.3 Å². The first-order valence-corrected chi connectivity index (χ1v) is 9.04. The second-order valence-corrected chi connectivity index (χ2v) is 7.36. The second-order valence-electron chi connectivity index (χ2n) is 6.50. The third-order valence-corrected chi connectivity index (χ3v) is 5.42. The van der Waals surface area contributed by atoms with Gasteiger partial charge in [-0.2, -0.15) is 0 Å². The van der Waals surface area contributed by atoms with E-state index in [9.17, 15) is 9.60 Å². The molecule has 1 saturated heterocycles. The molecule has 0 spiro atoms. The van der Waals surface area contributed by atoms with E-state index in [1.54, 1.807) is 0 Å². The third kappa shape index (κ3) is 3.44. The van der Waals surface area contributed by atoms with Gasteiger partial charge in [-0.05, 0) is 69.1 Å². The van der Waals surface area contributed by atoms with Crippen LogP contribution in [-0.2, 0) is 4.74 Å². The van der Waals surface area contributed by atoms with E-state index in [1.165, 1.54) is 18.2 Å². The van der Waals surface area contributed by atoms with E-state index >= 15 is 0 Å². The van der Waals surface area contributed by atoms with Crippen molar-refractivity contribution in [2.24, 2.45) is 16.8 Å². The van der Waals surface area contributed by atoms with Crippen molar-refractivity contribution in [3.63, 3.8) is 0 Å². The Morgan fingerprint density at radius 1 is 1.27 bits per heavy atom. The third-order valence-electron chi connectivity index (χ3n) is 4.81. The molecule has 10 heteroatoms. The Kier molecular flexibility index (Phi) is 4.88. The number of aliphatic imine (C=N–C) groups is 1. The fourth-order valence-electron chi connectivity index (χ4n) is 3.56. The standard InChI is InChI=1S/C16H17BrFN5O3/c17-12-5-10(1-2-13(12)18)19-15(21-24)14-16(23-26-22-14)20-11-3-8-6-25-7-9(8)4-11/h1-2,5,8-9,11,24H,3-4,6-7H2,(H,19,21)(H,20,23). The number of rotatable bonds is 4. The van der Waals surface area contributed by atoms with E-state index in [4.69, 9.17) is 9.37 Å². The van der Waals surface area contributed by atoms with Gasteiger partial charge < -0.3 is 10.1 Å². The SMILES string of the molecule is ONC(=Nc1ccc(F)c(Br)c1)c1nonc1NC1CC2COCC2C1. The topological polar surface area (TPSA) is 105 Å². The summed E-state index contributed by atoms with van der Waals surface area (Å²) in [5.74, 6) is 1.18. The summed E-state index contributed by atoms with van der Waals surface area (Å²) < 4.78 is 24.0. The van der Waals surface area contributed by atoms with Crippen molar-refractivity contribution in [2.75, 3.05) is 18.5 Å². The lowest BCUT2D eigenvalue weighted by Crippen LogP contribution is -2.24. The minimum Gasteiger partial charge on any atom is -0.381 e. The van der Waals surface area contributed by atoms with Gasteiger partial charge in [0.2, 0.25) is 5.82 Å². The van der Waals surface area contributed by atoms with Gasteiger partial charge in [0.05, 0.1) is 10.2 Å². The normalized spacial score (nSPS) is 25.3. The molecule has 2 heterocycles. The van der Waals surface area contributed by atoms with E-state index in [0.29, 0.717) is 23.3 Å². The molecule has 0 bridgehead atoms. The highest BCUT2D eigenvalue weighted by atomic mass is 79.9. The van der Waals surface area contributed by atoms with Crippen LogP contribution in [0, 0.1) is 17.7 Å². The van der Waals surface area contributed by atoms with E-state index in [1.807, 2.05) is 5.48 Å². The highest BCUT2D eigenvalue weighted by Gasteiger charge is 2.38. The van der Waals surface area contributed by atoms with Gasteiger partial charge in [-0.15, -0.1) is 0 Å². The molecule has 1 aliphatic carbocycles. The Labute approximate surface area is 156 Å². The van der Waals surface area contributed by atoms with E-state index < -0.39 is 5.82 Å². The summed E-state index contributed by atoms with van der Waals surface area (Å²) in [5, 5.41) is 20.5. The van der Waals surface area contributed by atoms with Crippen molar-refractivity contribution in [1.82, 2.24) is 15.8 Å². The Morgan fingerprint density at radius 2 is 2.04 bits per heavy atom. The zero-order valence-corrected chi connectivity index (χ0v) is 15.2. The maximum absolute atomic E-state index is 13.4. The van der Waals surface area contributed by atoms with Crippen LogP contribution in [0.4, 0.5) is 15.9 Å². The first-order valence-electron chi connectivity index (χ1n) is 8.25. The number of nitrogens with one attached hydrogen (secondary N) is 2. The molecule has 1 aliphatic heterocycles. The molecule has 8 nitrogen and oxygen atoms in total. The van der Waals surface area contributed by atoms with Crippen molar-refractivity contribution >= 4 is 33.3 Å². The quantitative estimate of drug-likeness (QED) is 0.392. The Bertz CT molecular complexity index is 818. The first-order chi connectivity index (χ1) is 12.6. The fourth-order valence-corrected chi connectivity index (χ4v) is 3.92. The molecule has 2 aliphatic rings. The monoisotopic (exact) mass is 425 g/mol. The highest BCUT2D eigenvalue weighted by molar-refractivity contribution is 9.10. The average molecular weight is 426 g/mol. The van der Waals surface area contributed by atoms with Gasteiger partial charge in [-0.3, -0.25) is 10.7 Å².